The van der Waals surface area contributed by atoms with Crippen LogP contribution in [0.3, 0.4) is 0 Å². The molecule has 0 radical (unpaired) electrons. The van der Waals surface area contributed by atoms with Gasteiger partial charge in [0, 0.05) is 18.2 Å². The van der Waals surface area contributed by atoms with Gasteiger partial charge in [-0.2, -0.15) is 0 Å². The van der Waals surface area contributed by atoms with Gasteiger partial charge in [0.25, 0.3) is 0 Å². The Bertz CT molecular complexity index is 651. The van der Waals surface area contributed by atoms with Crippen LogP contribution in [-0.2, 0) is 4.79 Å². The molecule has 1 aromatic carbocycles. The lowest BCUT2D eigenvalue weighted by Gasteiger charge is -2.07. The molecule has 2 rings (SSSR count). The second-order valence-electron chi connectivity index (χ2n) is 5.85. The van der Waals surface area contributed by atoms with Crippen molar-refractivity contribution in [3.63, 3.8) is 0 Å². The van der Waals surface area contributed by atoms with E-state index in [1.54, 1.807) is 5.48 Å². The van der Waals surface area contributed by atoms with Crippen molar-refractivity contribution in [3.8, 4) is 11.3 Å². The molecule has 4 heteroatoms. The molecule has 0 unspecified atom stereocenters. The molecule has 2 aromatic rings. The summed E-state index contributed by atoms with van der Waals surface area (Å²) in [6.07, 6.45) is 7.06. The minimum Gasteiger partial charge on any atom is -0.289 e. The van der Waals surface area contributed by atoms with E-state index in [4.69, 9.17) is 5.21 Å². The number of benzene rings is 1. The molecule has 0 saturated heterocycles. The van der Waals surface area contributed by atoms with E-state index in [0.717, 1.165) is 54.5 Å². The van der Waals surface area contributed by atoms with Crippen molar-refractivity contribution in [2.24, 2.45) is 0 Å². The van der Waals surface area contributed by atoms with Gasteiger partial charge in [0.1, 0.15) is 0 Å². The molecule has 0 saturated carbocycles. The minimum atomic E-state index is -0.316. The maximum atomic E-state index is 10.9. The maximum Gasteiger partial charge on any atom is 0.243 e. The average Bonchev–Trinajstić information content (AvgIpc) is 2.65. The Balaban J connectivity index is 1.74. The SMILES string of the molecule is C=C(CCCCCCC(=O)NO)c1ccc(-c2ccccc2)nc1. The Labute approximate surface area is 143 Å². The number of amides is 1. The average molecular weight is 324 g/mol. The van der Waals surface area contributed by atoms with Gasteiger partial charge in [0.15, 0.2) is 0 Å². The molecule has 0 aliphatic heterocycles. The number of aromatic nitrogens is 1. The molecule has 1 heterocycles. The first-order valence-corrected chi connectivity index (χ1v) is 8.33. The number of hydrogen-bond donors (Lipinski definition) is 2. The number of hydrogen-bond acceptors (Lipinski definition) is 3. The van der Waals surface area contributed by atoms with Crippen LogP contribution in [0.1, 0.15) is 44.1 Å². The van der Waals surface area contributed by atoms with E-state index in [0.29, 0.717) is 6.42 Å². The van der Waals surface area contributed by atoms with E-state index >= 15 is 0 Å². The van der Waals surface area contributed by atoms with Crippen molar-refractivity contribution in [3.05, 3.63) is 60.8 Å². The van der Waals surface area contributed by atoms with E-state index in [9.17, 15) is 4.79 Å². The molecular weight excluding hydrogens is 300 g/mol. The van der Waals surface area contributed by atoms with Crippen molar-refractivity contribution in [2.45, 2.75) is 38.5 Å². The predicted octanol–water partition coefficient (Wildman–Crippen LogP) is 4.61. The van der Waals surface area contributed by atoms with Crippen LogP contribution in [0.15, 0.2) is 55.2 Å². The first kappa shape index (κ1) is 17.9. The molecule has 0 spiro atoms. The topological polar surface area (TPSA) is 62.2 Å². The summed E-state index contributed by atoms with van der Waals surface area (Å²) in [6, 6.07) is 14.2. The molecule has 0 aliphatic carbocycles. The highest BCUT2D eigenvalue weighted by Gasteiger charge is 2.03. The highest BCUT2D eigenvalue weighted by molar-refractivity contribution is 5.74. The zero-order valence-electron chi connectivity index (χ0n) is 13.9. The fourth-order valence-corrected chi connectivity index (χ4v) is 2.56. The van der Waals surface area contributed by atoms with Crippen molar-refractivity contribution in [1.82, 2.24) is 10.5 Å². The number of carbonyl (C=O) groups excluding carboxylic acids is 1. The fraction of sp³-hybridized carbons (Fsp3) is 0.300. The summed E-state index contributed by atoms with van der Waals surface area (Å²) in [5.41, 5.74) is 5.90. The second-order valence-corrected chi connectivity index (χ2v) is 5.85. The lowest BCUT2D eigenvalue weighted by atomic mass is 10.0. The predicted molar refractivity (Wildman–Crippen MR) is 96.3 cm³/mol. The van der Waals surface area contributed by atoms with Gasteiger partial charge in [-0.1, -0.05) is 55.8 Å². The Hall–Kier alpha value is -2.46. The van der Waals surface area contributed by atoms with Crippen LogP contribution >= 0.6 is 0 Å². The summed E-state index contributed by atoms with van der Waals surface area (Å²) in [7, 11) is 0. The molecule has 4 nitrogen and oxygen atoms in total. The van der Waals surface area contributed by atoms with E-state index in [2.05, 4.69) is 17.6 Å². The number of pyridine rings is 1. The molecule has 0 aliphatic rings. The molecule has 24 heavy (non-hydrogen) atoms. The van der Waals surface area contributed by atoms with Crippen LogP contribution in [0.5, 0.6) is 0 Å². The number of carbonyl (C=O) groups is 1. The van der Waals surface area contributed by atoms with Crippen LogP contribution in [-0.4, -0.2) is 16.1 Å². The third-order valence-electron chi connectivity index (χ3n) is 4.00. The van der Waals surface area contributed by atoms with Crippen LogP contribution in [0.4, 0.5) is 0 Å². The van der Waals surface area contributed by atoms with E-state index < -0.39 is 0 Å². The molecule has 2 N–H and O–H groups in total. The van der Waals surface area contributed by atoms with Crippen LogP contribution in [0.25, 0.3) is 16.8 Å². The largest absolute Gasteiger partial charge is 0.289 e. The van der Waals surface area contributed by atoms with E-state index in [1.807, 2.05) is 42.6 Å². The van der Waals surface area contributed by atoms with Gasteiger partial charge in [-0.05, 0) is 36.5 Å². The first-order valence-electron chi connectivity index (χ1n) is 8.33. The first-order chi connectivity index (χ1) is 11.7. The number of allylic oxidation sites excluding steroid dienone is 1. The van der Waals surface area contributed by atoms with Crippen molar-refractivity contribution in [1.29, 1.82) is 0 Å². The molecule has 0 bridgehead atoms. The summed E-state index contributed by atoms with van der Waals surface area (Å²) >= 11 is 0. The van der Waals surface area contributed by atoms with Crippen molar-refractivity contribution < 1.29 is 10.0 Å². The van der Waals surface area contributed by atoms with Crippen molar-refractivity contribution >= 4 is 11.5 Å². The smallest absolute Gasteiger partial charge is 0.243 e. The Morgan fingerprint density at radius 3 is 2.33 bits per heavy atom. The normalized spacial score (nSPS) is 10.4. The molecule has 1 amide bonds. The van der Waals surface area contributed by atoms with Crippen molar-refractivity contribution in [2.75, 3.05) is 0 Å². The summed E-state index contributed by atoms with van der Waals surface area (Å²) in [5, 5.41) is 8.41. The van der Waals surface area contributed by atoms with Crippen LogP contribution < -0.4 is 5.48 Å². The second kappa shape index (κ2) is 9.63. The molecule has 126 valence electrons. The van der Waals surface area contributed by atoms with Crippen LogP contribution in [0, 0.1) is 0 Å². The van der Waals surface area contributed by atoms with Gasteiger partial charge in [0.2, 0.25) is 5.91 Å². The zero-order chi connectivity index (χ0) is 17.2. The quantitative estimate of drug-likeness (QED) is 0.402. The summed E-state index contributed by atoms with van der Waals surface area (Å²) in [5.74, 6) is -0.316. The number of unbranched alkanes of at least 4 members (excludes halogenated alkanes) is 3. The van der Waals surface area contributed by atoms with Crippen LogP contribution in [0.2, 0.25) is 0 Å². The third kappa shape index (κ3) is 5.63. The molecule has 0 fully saturated rings. The Morgan fingerprint density at radius 2 is 1.71 bits per heavy atom. The Kier molecular flexibility index (Phi) is 7.18. The number of hydroxylamine groups is 1. The standard InChI is InChI=1S/C20H24N2O2/c1-16(9-5-2-3-8-12-20(23)22-24)18-13-14-19(21-15-18)17-10-6-4-7-11-17/h4,6-7,10-11,13-15,24H,1-3,5,8-9,12H2,(H,22,23). The molecule has 1 aromatic heterocycles. The molecular formula is C20H24N2O2. The maximum absolute atomic E-state index is 10.9. The molecule has 0 atom stereocenters. The Morgan fingerprint density at radius 1 is 1.00 bits per heavy atom. The van der Waals surface area contributed by atoms with E-state index in [1.165, 1.54) is 0 Å². The number of nitrogens with one attached hydrogen (secondary N) is 1. The highest BCUT2D eigenvalue weighted by atomic mass is 16.5. The zero-order valence-corrected chi connectivity index (χ0v) is 13.9. The summed E-state index contributed by atoms with van der Waals surface area (Å²) < 4.78 is 0. The van der Waals surface area contributed by atoms with E-state index in [-0.39, 0.29) is 5.91 Å². The van der Waals surface area contributed by atoms with Gasteiger partial charge in [-0.3, -0.25) is 15.0 Å². The van der Waals surface area contributed by atoms with Gasteiger partial charge in [-0.15, -0.1) is 0 Å². The summed E-state index contributed by atoms with van der Waals surface area (Å²) in [4.78, 5) is 15.4. The van der Waals surface area contributed by atoms with Gasteiger partial charge >= 0.3 is 0 Å². The highest BCUT2D eigenvalue weighted by Crippen LogP contribution is 2.22. The van der Waals surface area contributed by atoms with Gasteiger partial charge in [0.05, 0.1) is 5.69 Å². The fourth-order valence-electron chi connectivity index (χ4n) is 2.56. The minimum absolute atomic E-state index is 0.316. The third-order valence-corrected chi connectivity index (χ3v) is 4.00. The van der Waals surface area contributed by atoms with Gasteiger partial charge in [-0.25, -0.2) is 5.48 Å². The lowest BCUT2D eigenvalue weighted by Crippen LogP contribution is -2.17. The monoisotopic (exact) mass is 324 g/mol. The number of nitrogens with zero attached hydrogens (tertiary/aromatic N) is 1. The summed E-state index contributed by atoms with van der Waals surface area (Å²) in [6.45, 7) is 4.15. The number of rotatable bonds is 9. The lowest BCUT2D eigenvalue weighted by molar-refractivity contribution is -0.129. The van der Waals surface area contributed by atoms with Gasteiger partial charge < -0.3 is 0 Å².